The van der Waals surface area contributed by atoms with Crippen molar-refractivity contribution in [1.82, 2.24) is 4.90 Å². The number of carboxylic acid groups (broad SMARTS) is 1. The molecule has 1 N–H and O–H groups in total. The fourth-order valence-electron chi connectivity index (χ4n) is 1.59. The van der Waals surface area contributed by atoms with Crippen LogP contribution in [0.15, 0.2) is 24.3 Å². The minimum atomic E-state index is -0.844. The third-order valence-corrected chi connectivity index (χ3v) is 2.59. The molecular weight excluding hydrogens is 234 g/mol. The summed E-state index contributed by atoms with van der Waals surface area (Å²) in [5, 5.41) is 8.74. The number of carbonyl (C=O) groups excluding carboxylic acids is 1. The largest absolute Gasteiger partial charge is 0.480 e. The van der Waals surface area contributed by atoms with Crippen LogP contribution >= 0.6 is 0 Å². The van der Waals surface area contributed by atoms with E-state index in [2.05, 4.69) is 4.74 Å². The van der Waals surface area contributed by atoms with Gasteiger partial charge in [0.25, 0.3) is 0 Å². The molecule has 5 nitrogen and oxygen atoms in total. The number of hydrogen-bond acceptors (Lipinski definition) is 4. The van der Waals surface area contributed by atoms with Gasteiger partial charge in [-0.05, 0) is 24.2 Å². The summed E-state index contributed by atoms with van der Waals surface area (Å²) in [6, 6.07) is 6.96. The molecule has 0 radical (unpaired) electrons. The average molecular weight is 251 g/mol. The van der Waals surface area contributed by atoms with Crippen molar-refractivity contribution in [3.63, 3.8) is 0 Å². The van der Waals surface area contributed by atoms with E-state index in [1.165, 1.54) is 7.11 Å². The van der Waals surface area contributed by atoms with Gasteiger partial charge in [-0.15, -0.1) is 0 Å². The summed E-state index contributed by atoms with van der Waals surface area (Å²) in [6.07, 6.45) is 0. The second kappa shape index (κ2) is 6.76. The van der Waals surface area contributed by atoms with Crippen molar-refractivity contribution in [2.45, 2.75) is 13.5 Å². The Balaban J connectivity index is 2.67. The van der Waals surface area contributed by atoms with E-state index in [-0.39, 0.29) is 12.5 Å². The van der Waals surface area contributed by atoms with Crippen LogP contribution in [-0.2, 0) is 16.1 Å². The van der Waals surface area contributed by atoms with Gasteiger partial charge in [0, 0.05) is 6.54 Å². The molecule has 1 rings (SSSR count). The average Bonchev–Trinajstić information content (AvgIpc) is 2.37. The van der Waals surface area contributed by atoms with Gasteiger partial charge in [0.05, 0.1) is 19.2 Å². The normalized spacial score (nSPS) is 10.4. The summed E-state index contributed by atoms with van der Waals surface area (Å²) in [5.74, 6) is -1.22. The Kier molecular flexibility index (Phi) is 5.32. The Morgan fingerprint density at radius 2 is 1.89 bits per heavy atom. The number of carbonyl (C=O) groups is 2. The van der Waals surface area contributed by atoms with E-state index in [1.807, 2.05) is 6.92 Å². The van der Waals surface area contributed by atoms with Gasteiger partial charge in [0.2, 0.25) is 0 Å². The van der Waals surface area contributed by atoms with Gasteiger partial charge < -0.3 is 9.84 Å². The van der Waals surface area contributed by atoms with Crippen LogP contribution in [0, 0.1) is 0 Å². The van der Waals surface area contributed by atoms with Gasteiger partial charge in [-0.25, -0.2) is 4.79 Å². The molecule has 0 saturated carbocycles. The molecule has 1 aromatic carbocycles. The topological polar surface area (TPSA) is 66.8 Å². The highest BCUT2D eigenvalue weighted by atomic mass is 16.5. The molecule has 0 aromatic heterocycles. The number of ether oxygens (including phenoxy) is 1. The first kappa shape index (κ1) is 14.2. The zero-order chi connectivity index (χ0) is 13.5. The summed E-state index contributed by atoms with van der Waals surface area (Å²) in [7, 11) is 1.34. The Morgan fingerprint density at radius 3 is 2.33 bits per heavy atom. The van der Waals surface area contributed by atoms with Crippen molar-refractivity contribution in [3.8, 4) is 0 Å². The van der Waals surface area contributed by atoms with Crippen molar-refractivity contribution in [1.29, 1.82) is 0 Å². The standard InChI is InChI=1S/C13H17NO4/c1-3-14(9-12(15)16)8-10-4-6-11(7-5-10)13(17)18-2/h4-7H,3,8-9H2,1-2H3,(H,15,16). The van der Waals surface area contributed by atoms with Crippen molar-refractivity contribution in [2.24, 2.45) is 0 Å². The summed E-state index contributed by atoms with van der Waals surface area (Å²) in [5.41, 5.74) is 1.45. The first-order valence-corrected chi connectivity index (χ1v) is 5.68. The second-order valence-electron chi connectivity index (χ2n) is 3.89. The molecule has 98 valence electrons. The summed E-state index contributed by atoms with van der Waals surface area (Å²) in [6.45, 7) is 3.12. The molecule has 18 heavy (non-hydrogen) atoms. The van der Waals surface area contributed by atoms with E-state index in [4.69, 9.17) is 5.11 Å². The Labute approximate surface area is 106 Å². The molecule has 0 unspecified atom stereocenters. The highest BCUT2D eigenvalue weighted by molar-refractivity contribution is 5.89. The monoisotopic (exact) mass is 251 g/mol. The Hall–Kier alpha value is -1.88. The predicted molar refractivity (Wildman–Crippen MR) is 66.4 cm³/mol. The van der Waals surface area contributed by atoms with Gasteiger partial charge in [-0.1, -0.05) is 19.1 Å². The number of benzene rings is 1. The van der Waals surface area contributed by atoms with Crippen molar-refractivity contribution in [2.75, 3.05) is 20.2 Å². The van der Waals surface area contributed by atoms with Crippen LogP contribution in [0.4, 0.5) is 0 Å². The third kappa shape index (κ3) is 4.18. The molecule has 0 aliphatic rings. The second-order valence-corrected chi connectivity index (χ2v) is 3.89. The molecular formula is C13H17NO4. The fourth-order valence-corrected chi connectivity index (χ4v) is 1.59. The van der Waals surface area contributed by atoms with E-state index >= 15 is 0 Å². The SMILES string of the molecule is CCN(CC(=O)O)Cc1ccc(C(=O)OC)cc1. The lowest BCUT2D eigenvalue weighted by atomic mass is 10.1. The number of nitrogens with zero attached hydrogens (tertiary/aromatic N) is 1. The van der Waals surface area contributed by atoms with Crippen LogP contribution in [0.2, 0.25) is 0 Å². The van der Waals surface area contributed by atoms with Gasteiger partial charge in [0.15, 0.2) is 0 Å². The molecule has 0 fully saturated rings. The first-order chi connectivity index (χ1) is 8.56. The van der Waals surface area contributed by atoms with E-state index in [9.17, 15) is 9.59 Å². The minimum Gasteiger partial charge on any atom is -0.480 e. The minimum absolute atomic E-state index is 0.00918. The lowest BCUT2D eigenvalue weighted by Crippen LogP contribution is -2.29. The molecule has 0 bridgehead atoms. The van der Waals surface area contributed by atoms with E-state index in [1.54, 1.807) is 29.2 Å². The molecule has 1 aromatic rings. The number of methoxy groups -OCH3 is 1. The highest BCUT2D eigenvalue weighted by Crippen LogP contribution is 2.08. The lowest BCUT2D eigenvalue weighted by Gasteiger charge is -2.17. The van der Waals surface area contributed by atoms with Gasteiger partial charge >= 0.3 is 11.9 Å². The summed E-state index contributed by atoms with van der Waals surface area (Å²) >= 11 is 0. The van der Waals surface area contributed by atoms with Crippen molar-refractivity contribution >= 4 is 11.9 Å². The molecule has 0 heterocycles. The van der Waals surface area contributed by atoms with Crippen LogP contribution in [0.5, 0.6) is 0 Å². The lowest BCUT2D eigenvalue weighted by molar-refractivity contribution is -0.138. The smallest absolute Gasteiger partial charge is 0.337 e. The van der Waals surface area contributed by atoms with E-state index < -0.39 is 5.97 Å². The van der Waals surface area contributed by atoms with E-state index in [0.29, 0.717) is 18.7 Å². The maximum Gasteiger partial charge on any atom is 0.337 e. The van der Waals surface area contributed by atoms with Crippen LogP contribution in [0.3, 0.4) is 0 Å². The number of carboxylic acids is 1. The Bertz CT molecular complexity index is 414. The van der Waals surface area contributed by atoms with Gasteiger partial charge in [0.1, 0.15) is 0 Å². The van der Waals surface area contributed by atoms with E-state index in [0.717, 1.165) is 5.56 Å². The van der Waals surface area contributed by atoms with Gasteiger partial charge in [-0.3, -0.25) is 9.69 Å². The third-order valence-electron chi connectivity index (χ3n) is 2.59. The molecule has 0 saturated heterocycles. The maximum atomic E-state index is 11.2. The first-order valence-electron chi connectivity index (χ1n) is 5.68. The zero-order valence-corrected chi connectivity index (χ0v) is 10.5. The van der Waals surface area contributed by atoms with Crippen LogP contribution in [0.1, 0.15) is 22.8 Å². The van der Waals surface area contributed by atoms with Crippen molar-refractivity contribution in [3.05, 3.63) is 35.4 Å². The Morgan fingerprint density at radius 1 is 1.28 bits per heavy atom. The molecule has 0 amide bonds. The summed E-state index contributed by atoms with van der Waals surface area (Å²) < 4.78 is 4.60. The number of likely N-dealkylation sites (N-methyl/N-ethyl adjacent to an activating group) is 1. The number of hydrogen-bond donors (Lipinski definition) is 1. The molecule has 0 atom stereocenters. The quantitative estimate of drug-likeness (QED) is 0.774. The molecule has 0 aliphatic heterocycles. The van der Waals surface area contributed by atoms with Crippen LogP contribution in [0.25, 0.3) is 0 Å². The molecule has 0 spiro atoms. The predicted octanol–water partition coefficient (Wildman–Crippen LogP) is 1.38. The number of esters is 1. The van der Waals surface area contributed by atoms with Crippen molar-refractivity contribution < 1.29 is 19.4 Å². The van der Waals surface area contributed by atoms with Crippen LogP contribution < -0.4 is 0 Å². The molecule has 5 heteroatoms. The highest BCUT2D eigenvalue weighted by Gasteiger charge is 2.09. The fraction of sp³-hybridized carbons (Fsp3) is 0.385. The van der Waals surface area contributed by atoms with Gasteiger partial charge in [-0.2, -0.15) is 0 Å². The number of rotatable bonds is 6. The number of aliphatic carboxylic acids is 1. The summed E-state index contributed by atoms with van der Waals surface area (Å²) in [4.78, 5) is 23.7. The molecule has 0 aliphatic carbocycles. The maximum absolute atomic E-state index is 11.2. The zero-order valence-electron chi connectivity index (χ0n) is 10.5. The van der Waals surface area contributed by atoms with Crippen LogP contribution in [-0.4, -0.2) is 42.1 Å².